The highest BCUT2D eigenvalue weighted by molar-refractivity contribution is 6.33. The number of carbonyl (C=O) groups is 1. The number of ketones is 1. The Kier molecular flexibility index (Phi) is 4.62. The van der Waals surface area contributed by atoms with Gasteiger partial charge in [0.15, 0.2) is 11.4 Å². The smallest absolute Gasteiger partial charge is 0.294 e. The van der Waals surface area contributed by atoms with Crippen molar-refractivity contribution >= 4 is 23.0 Å². The summed E-state index contributed by atoms with van der Waals surface area (Å²) in [7, 11) is 0. The molecule has 4 nitrogen and oxygen atoms in total. The van der Waals surface area contributed by atoms with Crippen molar-refractivity contribution in [3.05, 3.63) is 77.1 Å². The van der Waals surface area contributed by atoms with E-state index >= 15 is 0 Å². The van der Waals surface area contributed by atoms with Crippen molar-refractivity contribution in [2.75, 3.05) is 0 Å². The minimum atomic E-state index is -4.44. The first-order valence-corrected chi connectivity index (χ1v) is 8.95. The van der Waals surface area contributed by atoms with Gasteiger partial charge in [-0.1, -0.05) is 41.9 Å². The van der Waals surface area contributed by atoms with Gasteiger partial charge in [0.2, 0.25) is 0 Å². The molecule has 4 rings (SSSR count). The Bertz CT molecular complexity index is 1230. The van der Waals surface area contributed by atoms with Crippen LogP contribution >= 0.6 is 11.6 Å². The molecule has 0 atom stereocenters. The minimum Gasteiger partial charge on any atom is -0.294 e. The standard InChI is InChI=1S/C21H13ClF3N3O/c1-12(29)16-11-27-28-19(13-6-8-14(9-7-13)21(23,24)25)17(10-26-20(16)28)15-4-2-3-5-18(15)22/h2-11H,1H3. The number of halogens is 4. The number of aromatic nitrogens is 3. The van der Waals surface area contributed by atoms with E-state index in [1.807, 2.05) is 0 Å². The van der Waals surface area contributed by atoms with Gasteiger partial charge in [-0.05, 0) is 25.1 Å². The van der Waals surface area contributed by atoms with Gasteiger partial charge in [0, 0.05) is 27.9 Å². The van der Waals surface area contributed by atoms with Gasteiger partial charge in [-0.25, -0.2) is 9.50 Å². The summed E-state index contributed by atoms with van der Waals surface area (Å²) in [5.74, 6) is -0.212. The quantitative estimate of drug-likeness (QED) is 0.389. The summed E-state index contributed by atoms with van der Waals surface area (Å²) in [6.07, 6.45) is -1.49. The summed E-state index contributed by atoms with van der Waals surface area (Å²) in [5.41, 5.74) is 2.10. The summed E-state index contributed by atoms with van der Waals surface area (Å²) in [6.45, 7) is 1.40. The molecule has 0 N–H and O–H groups in total. The highest BCUT2D eigenvalue weighted by Crippen LogP contribution is 2.37. The highest BCUT2D eigenvalue weighted by atomic mass is 35.5. The summed E-state index contributed by atoms with van der Waals surface area (Å²) < 4.78 is 40.4. The van der Waals surface area contributed by atoms with E-state index in [0.29, 0.717) is 38.6 Å². The molecule has 146 valence electrons. The van der Waals surface area contributed by atoms with Gasteiger partial charge >= 0.3 is 6.18 Å². The molecule has 0 saturated carbocycles. The molecule has 0 aliphatic rings. The van der Waals surface area contributed by atoms with Gasteiger partial charge in [-0.2, -0.15) is 18.3 Å². The molecule has 4 aromatic rings. The summed E-state index contributed by atoms with van der Waals surface area (Å²) >= 11 is 6.35. The zero-order valence-corrected chi connectivity index (χ0v) is 15.8. The number of fused-ring (bicyclic) bond motifs is 1. The van der Waals surface area contributed by atoms with Crippen molar-refractivity contribution in [3.8, 4) is 22.4 Å². The number of nitrogens with zero attached hydrogens (tertiary/aromatic N) is 3. The predicted octanol–water partition coefficient (Wildman–Crippen LogP) is 5.94. The third-order valence-corrected chi connectivity index (χ3v) is 4.89. The molecule has 0 aliphatic carbocycles. The number of benzene rings is 2. The predicted molar refractivity (Wildman–Crippen MR) is 104 cm³/mol. The van der Waals surface area contributed by atoms with E-state index in [4.69, 9.17) is 11.6 Å². The van der Waals surface area contributed by atoms with Gasteiger partial charge in [0.25, 0.3) is 0 Å². The van der Waals surface area contributed by atoms with Crippen LogP contribution in [0.25, 0.3) is 28.0 Å². The summed E-state index contributed by atoms with van der Waals surface area (Å²) in [6, 6.07) is 11.8. The zero-order valence-electron chi connectivity index (χ0n) is 15.0. The number of hydrogen-bond acceptors (Lipinski definition) is 3. The Morgan fingerprint density at radius 3 is 2.31 bits per heavy atom. The van der Waals surface area contributed by atoms with E-state index in [2.05, 4.69) is 10.1 Å². The van der Waals surface area contributed by atoms with Crippen LogP contribution in [-0.2, 0) is 6.18 Å². The Balaban J connectivity index is 2.02. The first-order valence-electron chi connectivity index (χ1n) is 8.57. The van der Waals surface area contributed by atoms with Gasteiger partial charge in [-0.15, -0.1) is 0 Å². The maximum atomic E-state index is 13.0. The van der Waals surface area contributed by atoms with Crippen LogP contribution in [0.1, 0.15) is 22.8 Å². The average Bonchev–Trinajstić information content (AvgIpc) is 3.11. The molecule has 0 radical (unpaired) electrons. The molecule has 8 heteroatoms. The van der Waals surface area contributed by atoms with Gasteiger partial charge in [-0.3, -0.25) is 4.79 Å². The molecule has 2 aromatic carbocycles. The van der Waals surface area contributed by atoms with Crippen molar-refractivity contribution in [2.45, 2.75) is 13.1 Å². The van der Waals surface area contributed by atoms with E-state index in [-0.39, 0.29) is 5.78 Å². The molecule has 2 heterocycles. The molecule has 29 heavy (non-hydrogen) atoms. The molecule has 0 bridgehead atoms. The van der Waals surface area contributed by atoms with E-state index in [1.54, 1.807) is 30.5 Å². The van der Waals surface area contributed by atoms with E-state index in [9.17, 15) is 18.0 Å². The highest BCUT2D eigenvalue weighted by Gasteiger charge is 2.30. The second kappa shape index (κ2) is 7.00. The Labute approximate surface area is 168 Å². The van der Waals surface area contributed by atoms with Crippen LogP contribution in [0.4, 0.5) is 13.2 Å². The topological polar surface area (TPSA) is 47.3 Å². The van der Waals surface area contributed by atoms with Crippen LogP contribution in [0.15, 0.2) is 60.9 Å². The first-order chi connectivity index (χ1) is 13.8. The maximum Gasteiger partial charge on any atom is 0.416 e. The van der Waals surface area contributed by atoms with Crippen LogP contribution in [0.2, 0.25) is 5.02 Å². The maximum absolute atomic E-state index is 13.0. The largest absolute Gasteiger partial charge is 0.416 e. The lowest BCUT2D eigenvalue weighted by Gasteiger charge is -2.14. The second-order valence-electron chi connectivity index (χ2n) is 6.43. The molecule has 0 spiro atoms. The normalized spacial score (nSPS) is 11.8. The zero-order chi connectivity index (χ0) is 20.8. The number of carbonyl (C=O) groups excluding carboxylic acids is 1. The lowest BCUT2D eigenvalue weighted by molar-refractivity contribution is -0.137. The molecule has 0 fully saturated rings. The van der Waals surface area contributed by atoms with Crippen molar-refractivity contribution in [3.63, 3.8) is 0 Å². The lowest BCUT2D eigenvalue weighted by Crippen LogP contribution is -2.05. The SMILES string of the molecule is CC(=O)c1cnn2c(-c3ccc(C(F)(F)F)cc3)c(-c3ccccc3Cl)cnc12. The van der Waals surface area contributed by atoms with Crippen LogP contribution in [0.3, 0.4) is 0 Å². The monoisotopic (exact) mass is 415 g/mol. The summed E-state index contributed by atoms with van der Waals surface area (Å²) in [5, 5.41) is 4.73. The Morgan fingerprint density at radius 2 is 1.69 bits per heavy atom. The molecular weight excluding hydrogens is 403 g/mol. The fourth-order valence-electron chi connectivity index (χ4n) is 3.15. The van der Waals surface area contributed by atoms with Crippen LogP contribution in [-0.4, -0.2) is 20.4 Å². The van der Waals surface area contributed by atoms with Crippen molar-refractivity contribution in [1.82, 2.24) is 14.6 Å². The number of Topliss-reactive ketones (excluding diaryl/α,β-unsaturated/α-hetero) is 1. The Morgan fingerprint density at radius 1 is 1.00 bits per heavy atom. The van der Waals surface area contributed by atoms with Crippen LogP contribution < -0.4 is 0 Å². The van der Waals surface area contributed by atoms with E-state index in [1.165, 1.54) is 29.8 Å². The molecule has 0 unspecified atom stereocenters. The third-order valence-electron chi connectivity index (χ3n) is 4.56. The van der Waals surface area contributed by atoms with Crippen LogP contribution in [0.5, 0.6) is 0 Å². The molecular formula is C21H13ClF3N3O. The fraction of sp³-hybridized carbons (Fsp3) is 0.0952. The number of hydrogen-bond donors (Lipinski definition) is 0. The van der Waals surface area contributed by atoms with Crippen molar-refractivity contribution in [2.24, 2.45) is 0 Å². The fourth-order valence-corrected chi connectivity index (χ4v) is 3.39. The lowest BCUT2D eigenvalue weighted by atomic mass is 9.99. The third kappa shape index (κ3) is 3.38. The molecule has 0 aliphatic heterocycles. The number of alkyl halides is 3. The molecule has 2 aromatic heterocycles. The second-order valence-corrected chi connectivity index (χ2v) is 6.83. The molecule has 0 amide bonds. The first kappa shape index (κ1) is 19.1. The number of rotatable bonds is 3. The van der Waals surface area contributed by atoms with Crippen molar-refractivity contribution < 1.29 is 18.0 Å². The van der Waals surface area contributed by atoms with Crippen molar-refractivity contribution in [1.29, 1.82) is 0 Å². The van der Waals surface area contributed by atoms with Gasteiger partial charge in [0.05, 0.1) is 23.0 Å². The minimum absolute atomic E-state index is 0.212. The van der Waals surface area contributed by atoms with Gasteiger partial charge in [0.1, 0.15) is 0 Å². The van der Waals surface area contributed by atoms with Gasteiger partial charge < -0.3 is 0 Å². The van der Waals surface area contributed by atoms with Crippen LogP contribution in [0, 0.1) is 0 Å². The van der Waals surface area contributed by atoms with E-state index in [0.717, 1.165) is 12.1 Å². The van der Waals surface area contributed by atoms with E-state index < -0.39 is 11.7 Å². The molecule has 0 saturated heterocycles. The average molecular weight is 416 g/mol. The summed E-state index contributed by atoms with van der Waals surface area (Å²) in [4.78, 5) is 16.3. The Hall–Kier alpha value is -3.19.